The smallest absolute Gasteiger partial charge is 0.326 e. The lowest BCUT2D eigenvalue weighted by Gasteiger charge is -2.63. The lowest BCUT2D eigenvalue weighted by Crippen LogP contribution is -2.81. The van der Waals surface area contributed by atoms with E-state index in [0.717, 1.165) is 52.7 Å². The second kappa shape index (κ2) is 45.4. The monoisotopic (exact) mass is 1950 g/mol. The lowest BCUT2D eigenvalue weighted by molar-refractivity contribution is -0.203. The first kappa shape index (κ1) is 106. The molecule has 7 heterocycles. The van der Waals surface area contributed by atoms with Crippen molar-refractivity contribution in [3.05, 3.63) is 128 Å². The minimum Gasteiger partial charge on any atom is -0.496 e. The Hall–Kier alpha value is -12.5. The van der Waals surface area contributed by atoms with E-state index in [2.05, 4.69) is 105 Å². The van der Waals surface area contributed by atoms with Crippen LogP contribution in [0.1, 0.15) is 169 Å². The van der Waals surface area contributed by atoms with Crippen LogP contribution in [-0.2, 0) is 95.6 Å². The molecule has 2 saturated heterocycles. The Bertz CT molecular complexity index is 5640. The Morgan fingerprint density at radius 3 is 2.09 bits per heavy atom. The fraction of sp³-hybridized carbons (Fsp3) is 0.543. The molecule has 20 N–H and O–H groups in total. The molecule has 1 saturated carbocycles. The molecule has 3 fully saturated rings. The number of fused-ring (bicyclic) bond motifs is 6. The number of aliphatic hydroxyl groups is 3. The van der Waals surface area contributed by atoms with E-state index in [1.54, 1.807) is 28.7 Å². The highest BCUT2D eigenvalue weighted by atomic mass is 33.1. The number of rotatable bonds is 45. The summed E-state index contributed by atoms with van der Waals surface area (Å²) in [6.45, 7) is 12.4. The molecule has 12 rings (SSSR count). The number of methoxy groups -OCH3 is 2. The van der Waals surface area contributed by atoms with Gasteiger partial charge in [-0.15, -0.1) is 0 Å². The van der Waals surface area contributed by atoms with Gasteiger partial charge in [0.1, 0.15) is 42.2 Å². The highest BCUT2D eigenvalue weighted by Gasteiger charge is 2.79. The average Bonchev–Trinajstić information content (AvgIpc) is 1.45. The van der Waals surface area contributed by atoms with Crippen LogP contribution in [0.15, 0.2) is 94.4 Å². The van der Waals surface area contributed by atoms with Crippen molar-refractivity contribution in [3.63, 3.8) is 0 Å². The Labute approximate surface area is 802 Å². The number of nitrogens with zero attached hydrogens (tertiary/aromatic N) is 7. The van der Waals surface area contributed by atoms with Gasteiger partial charge >= 0.3 is 41.8 Å². The number of piperidine rings is 1. The number of nitrogens with two attached hydrogens (primary N) is 3. The van der Waals surface area contributed by atoms with Crippen LogP contribution in [0.4, 0.5) is 17.3 Å². The lowest BCUT2D eigenvalue weighted by atomic mass is 9.47. The van der Waals surface area contributed by atoms with Crippen molar-refractivity contribution in [2.24, 2.45) is 51.5 Å². The number of nitrogens with one attached hydrogen (secondary N) is 6. The molecule has 17 atom stereocenters. The van der Waals surface area contributed by atoms with Crippen LogP contribution >= 0.6 is 21.6 Å². The first-order valence-corrected chi connectivity index (χ1v) is 48.3. The zero-order valence-corrected chi connectivity index (χ0v) is 79.7. The summed E-state index contributed by atoms with van der Waals surface area (Å²) in [5, 5.41) is 98.5. The molecule has 2 aliphatic carbocycles. The first-order chi connectivity index (χ1) is 65.5. The van der Waals surface area contributed by atoms with E-state index < -0.39 is 222 Å². The third kappa shape index (κ3) is 22.9. The quantitative estimate of drug-likeness (QED) is 0.00665. The molecule has 0 radical (unpaired) electrons. The van der Waals surface area contributed by atoms with Gasteiger partial charge in [-0.1, -0.05) is 92.6 Å². The van der Waals surface area contributed by atoms with E-state index in [1.165, 1.54) is 37.6 Å². The molecule has 2 unspecified atom stereocenters. The third-order valence-electron chi connectivity index (χ3n) is 27.8. The first-order valence-electron chi connectivity index (χ1n) is 45.8. The van der Waals surface area contributed by atoms with E-state index in [-0.39, 0.29) is 79.1 Å². The number of aromatic amines is 1. The Kier molecular flexibility index (Phi) is 34.9. The van der Waals surface area contributed by atoms with Crippen molar-refractivity contribution < 1.29 is 122 Å². The number of carboxylic acids is 5. The van der Waals surface area contributed by atoms with E-state index in [0.29, 0.717) is 93.2 Å². The topological polar surface area (TPSA) is 660 Å². The number of carboxylic acid groups (broad SMARTS) is 5. The van der Waals surface area contributed by atoms with Gasteiger partial charge < -0.3 is 104 Å². The number of carbonyl (C=O) groups is 14. The molecule has 3 aromatic carbocycles. The molecule has 746 valence electrons. The number of ketones is 3. The molecule has 42 nitrogen and oxygen atoms in total. The number of Topliss-reactive ketones (excluding diaryl/α,β-unsaturated/α-hetero) is 3. The second-order valence-corrected chi connectivity index (χ2v) is 39.2. The number of anilines is 3. The van der Waals surface area contributed by atoms with Crippen molar-refractivity contribution in [2.45, 2.75) is 202 Å². The number of aliphatic carboxylic acids is 5. The van der Waals surface area contributed by atoms with Crippen LogP contribution in [0.25, 0.3) is 16.7 Å². The molecule has 5 aliphatic heterocycles. The van der Waals surface area contributed by atoms with Gasteiger partial charge in [-0.25, -0.2) is 14.8 Å². The summed E-state index contributed by atoms with van der Waals surface area (Å²) in [5.74, 6) is -19.3. The number of benzene rings is 3. The van der Waals surface area contributed by atoms with Gasteiger partial charge in [-0.3, -0.25) is 86.9 Å². The number of aromatic nitrogens is 4. The van der Waals surface area contributed by atoms with E-state index >= 15 is 4.79 Å². The average molecular weight is 1960 g/mol. The van der Waals surface area contributed by atoms with Gasteiger partial charge in [0, 0.05) is 122 Å². The third-order valence-corrected chi connectivity index (χ3v) is 30.3. The standard InChI is InChI=1S/C51H68N4O9S2.C43H54N12O17/c1-8-47(60)27-33-29-54(30-47)20-16-35-34-15-12-11-14-32(34)24-36(35)50(31(33)4,46(59)63-7)38-25-37-39(26-40(38)62-6)53(5)43-49(37)18-21-55-19-13-17-48(9-2,42(49)55)44(57)51(43,61)45(58)52-28-41(56)64-22-23-66-65-10-3;1-19(40(69)70)11-29(57)28(16-33(63)64)53-38(67)22(15-32(61)62)13-30(58)26(3-2-10-47-42(44)45)51-37(66)21(14-31(59)60)12-25(56)8-9-27(41(71)72)52-36(65)20-4-6-23(7-5-20)48-17-24-18-49-35-34(50-24)39(68)55-43(46)54-35/h11-15,17,25-26,31,33,42-44,57,60-61H,8-10,16,18-24,27-30H2,1-7H3,(H,52,58);4-7,18-19,21-22,26-28,48H,2-3,8-17H2,1H3,(H,51,66)(H,52,65)(H,53,67)(H,59,60)(H,61,62)(H,63,64)(H,69,70)(H,71,72)(H4,44,45,47)(H3,46,49,54,55,68)/t31?,33-,42-,43+,44+,47-,48+,49+,50+,51-;19-,21+,22+,26+,27+,28+/m01/s1. The Morgan fingerprint density at radius 2 is 1.45 bits per heavy atom. The van der Waals surface area contributed by atoms with Crippen LogP contribution in [0.3, 0.4) is 0 Å². The largest absolute Gasteiger partial charge is 0.496 e. The van der Waals surface area contributed by atoms with Crippen LogP contribution in [0.2, 0.25) is 0 Å². The number of hydrogen-bond donors (Lipinski definition) is 17. The minimum absolute atomic E-state index is 0.0226. The van der Waals surface area contributed by atoms with Gasteiger partial charge in [-0.2, -0.15) is 4.98 Å². The van der Waals surface area contributed by atoms with Crippen molar-refractivity contribution >= 4 is 144 Å². The number of ether oxygens (including phenoxy) is 3. The maximum Gasteiger partial charge on any atom is 0.326 e. The molecule has 4 amide bonds. The Morgan fingerprint density at radius 1 is 0.768 bits per heavy atom. The maximum atomic E-state index is 15.7. The number of aliphatic hydroxyl groups excluding tert-OH is 1. The van der Waals surface area contributed by atoms with Crippen molar-refractivity contribution in [1.82, 2.24) is 51.0 Å². The highest BCUT2D eigenvalue weighted by Crippen LogP contribution is 2.68. The fourth-order valence-corrected chi connectivity index (χ4v) is 22.8. The molecule has 7 aliphatic rings. The number of aliphatic imine (C=N–C) groups is 1. The molecule has 2 bridgehead atoms. The van der Waals surface area contributed by atoms with E-state index in [1.807, 2.05) is 44.0 Å². The fourth-order valence-electron chi connectivity index (χ4n) is 21.3. The van der Waals surface area contributed by atoms with Crippen LogP contribution in [0, 0.1) is 35.0 Å². The van der Waals surface area contributed by atoms with Crippen molar-refractivity contribution in [3.8, 4) is 5.75 Å². The molecule has 1 spiro atoms. The van der Waals surface area contributed by atoms with E-state index in [4.69, 9.17) is 31.4 Å². The van der Waals surface area contributed by atoms with Gasteiger partial charge in [0.15, 0.2) is 34.3 Å². The van der Waals surface area contributed by atoms with Crippen molar-refractivity contribution in [2.75, 3.05) is 101 Å². The van der Waals surface area contributed by atoms with Crippen molar-refractivity contribution in [1.29, 1.82) is 0 Å². The summed E-state index contributed by atoms with van der Waals surface area (Å²) in [6.07, 6.45) is 0.260. The van der Waals surface area contributed by atoms with Crippen LogP contribution < -0.4 is 59.0 Å². The van der Waals surface area contributed by atoms with Crippen LogP contribution in [-0.4, -0.2) is 292 Å². The number of esters is 2. The predicted molar refractivity (Wildman–Crippen MR) is 506 cm³/mol. The summed E-state index contributed by atoms with van der Waals surface area (Å²) in [6, 6.07) is 11.9. The molecule has 138 heavy (non-hydrogen) atoms. The number of carbonyl (C=O) groups excluding carboxylic acids is 9. The molecular weight excluding hydrogens is 1830 g/mol. The molecule has 44 heteroatoms. The number of amides is 4. The van der Waals surface area contributed by atoms with Gasteiger partial charge in [0.2, 0.25) is 17.8 Å². The second-order valence-electron chi connectivity index (χ2n) is 36.3. The SMILES string of the molecule is CCSSCCOC(=O)CNC(=O)[C@@]1(O)[C@H](O)[C@]2(CC)C=CCN3CC[C@@]4(c5cc([C@]6(C(=O)OC)C7=C(CCN8C[C@H](C[C@@](O)(CC)C8)C6C)c6ccccc6C7)c(OC)cc5N(C)[C@@H]14)[C@@H]32.C[C@H](CC(=O)[C@H](CC(=O)O)NC(=O)[C@H](CC(=O)O)CC(=O)[C@H](CCCN=C(N)N)NC(=O)[C@H](CC(=O)O)CC(=O)CC[C@H](NC(=O)c1ccc(NCc2cnc3nc(N)[nH]c(=O)c3n2)cc1)C(=O)O)C(=O)O. The highest BCUT2D eigenvalue weighted by molar-refractivity contribution is 8.76. The number of hydrogen-bond acceptors (Lipinski definition) is 32. The molecule has 2 aromatic heterocycles. The zero-order chi connectivity index (χ0) is 101. The predicted octanol–water partition coefficient (Wildman–Crippen LogP) is 3.03. The number of likely N-dealkylation sites (N-methyl/N-ethyl adjacent to an activating group) is 1. The van der Waals surface area contributed by atoms with E-state index in [9.17, 15) is 108 Å². The maximum absolute atomic E-state index is 15.7. The molecule has 5 aromatic rings. The molecular formula is C94H122N16O26S2. The summed E-state index contributed by atoms with van der Waals surface area (Å²) in [7, 11) is 8.22. The Balaban J connectivity index is 0.000000265. The summed E-state index contributed by atoms with van der Waals surface area (Å²) >= 11 is 0. The van der Waals surface area contributed by atoms with Gasteiger partial charge in [-0.05, 0) is 134 Å². The summed E-state index contributed by atoms with van der Waals surface area (Å²) < 4.78 is 18.0. The number of H-pyrrole nitrogens is 1. The summed E-state index contributed by atoms with van der Waals surface area (Å²) in [4.78, 5) is 219. The summed E-state index contributed by atoms with van der Waals surface area (Å²) in [5.41, 5.74) is 16.4. The number of nitrogen functional groups attached to an aromatic ring is 1. The van der Waals surface area contributed by atoms with Crippen LogP contribution in [0.5, 0.6) is 5.75 Å². The van der Waals surface area contributed by atoms with Gasteiger partial charge in [0.25, 0.3) is 17.4 Å². The normalized spacial score (nSPS) is 24.3. The number of guanidine groups is 1. The zero-order valence-electron chi connectivity index (χ0n) is 78.1. The minimum atomic E-state index is -2.41. The van der Waals surface area contributed by atoms with Gasteiger partial charge in [0.05, 0.1) is 93.4 Å².